The Morgan fingerprint density at radius 3 is 2.89 bits per heavy atom. The van der Waals surface area contributed by atoms with Crippen LogP contribution in [0.15, 0.2) is 36.4 Å². The number of anilines is 2. The number of rotatable bonds is 5. The number of carbonyl (C=O) groups is 1. The summed E-state index contributed by atoms with van der Waals surface area (Å²) < 4.78 is 0. The number of hydrogen-bond donors (Lipinski definition) is 2. The van der Waals surface area contributed by atoms with Gasteiger partial charge < -0.3 is 16.0 Å². The summed E-state index contributed by atoms with van der Waals surface area (Å²) in [5.41, 5.74) is 7.87. The number of nitro benzene ring substituents is 1. The third-order valence-corrected chi connectivity index (χ3v) is 5.07. The summed E-state index contributed by atoms with van der Waals surface area (Å²) in [6.07, 6.45) is 0.952. The summed E-state index contributed by atoms with van der Waals surface area (Å²) in [6.45, 7) is 4.28. The van der Waals surface area contributed by atoms with Crippen molar-refractivity contribution in [2.75, 3.05) is 30.3 Å². The van der Waals surface area contributed by atoms with Gasteiger partial charge in [-0.15, -0.1) is 0 Å². The predicted molar refractivity (Wildman–Crippen MR) is 106 cm³/mol. The van der Waals surface area contributed by atoms with Gasteiger partial charge in [0, 0.05) is 42.0 Å². The van der Waals surface area contributed by atoms with Gasteiger partial charge in [0.2, 0.25) is 0 Å². The highest BCUT2D eigenvalue weighted by molar-refractivity contribution is 6.30. The number of carbonyl (C=O) groups excluding carboxylic acids is 1. The van der Waals surface area contributed by atoms with Crippen LogP contribution >= 0.6 is 11.6 Å². The molecule has 1 unspecified atom stereocenters. The molecule has 1 amide bonds. The van der Waals surface area contributed by atoms with Crippen LogP contribution in [0.4, 0.5) is 17.1 Å². The molecule has 0 spiro atoms. The van der Waals surface area contributed by atoms with Gasteiger partial charge in [0.25, 0.3) is 11.6 Å². The van der Waals surface area contributed by atoms with Crippen LogP contribution in [-0.4, -0.2) is 30.5 Å². The maximum Gasteiger partial charge on any atom is 0.292 e. The predicted octanol–water partition coefficient (Wildman–Crippen LogP) is 3.40. The number of nitrogens with two attached hydrogens (primary N) is 1. The third kappa shape index (κ3) is 4.31. The molecule has 0 saturated carbocycles. The first kappa shape index (κ1) is 19.0. The number of nitrogens with zero attached hydrogens (tertiary/aromatic N) is 2. The molecule has 1 atom stereocenters. The van der Waals surface area contributed by atoms with E-state index >= 15 is 0 Å². The highest BCUT2D eigenvalue weighted by Crippen LogP contribution is 2.29. The number of halogens is 1. The Balaban J connectivity index is 1.60. The minimum absolute atomic E-state index is 0.0416. The average Bonchev–Trinajstić information content (AvgIpc) is 3.10. The van der Waals surface area contributed by atoms with Gasteiger partial charge in [-0.2, -0.15) is 0 Å². The summed E-state index contributed by atoms with van der Waals surface area (Å²) >= 11 is 6.11. The quantitative estimate of drug-likeness (QED) is 0.464. The molecule has 3 rings (SSSR count). The third-order valence-electron chi connectivity index (χ3n) is 4.84. The molecule has 2 aromatic carbocycles. The van der Waals surface area contributed by atoms with E-state index in [1.54, 1.807) is 0 Å². The van der Waals surface area contributed by atoms with Crippen LogP contribution in [0.2, 0.25) is 5.02 Å². The van der Waals surface area contributed by atoms with Crippen molar-refractivity contribution >= 4 is 34.6 Å². The van der Waals surface area contributed by atoms with Crippen molar-refractivity contribution < 1.29 is 9.72 Å². The van der Waals surface area contributed by atoms with Crippen LogP contribution in [-0.2, 0) is 0 Å². The number of aryl methyl sites for hydroxylation is 1. The zero-order chi connectivity index (χ0) is 19.6. The lowest BCUT2D eigenvalue weighted by Gasteiger charge is -2.21. The lowest BCUT2D eigenvalue weighted by Crippen LogP contribution is -2.31. The largest absolute Gasteiger partial charge is 0.393 e. The van der Waals surface area contributed by atoms with E-state index in [2.05, 4.69) is 17.1 Å². The molecule has 0 aromatic heterocycles. The van der Waals surface area contributed by atoms with E-state index in [0.29, 0.717) is 17.5 Å². The van der Waals surface area contributed by atoms with Gasteiger partial charge in [0.1, 0.15) is 5.69 Å². The highest BCUT2D eigenvalue weighted by Gasteiger charge is 2.24. The lowest BCUT2D eigenvalue weighted by atomic mass is 10.1. The fourth-order valence-corrected chi connectivity index (χ4v) is 3.49. The fraction of sp³-hybridized carbons (Fsp3) is 0.316. The standard InChI is InChI=1S/C19H21ClN4O3/c1-12-2-4-15(20)9-17(12)23-7-6-13(11-23)10-22-19(25)14-3-5-16(21)18(8-14)24(26)27/h2-5,8-9,13H,6-7,10-11,21H2,1H3,(H,22,25). The van der Waals surface area contributed by atoms with Crippen LogP contribution < -0.4 is 16.0 Å². The Kier molecular flexibility index (Phi) is 5.51. The molecule has 0 bridgehead atoms. The van der Waals surface area contributed by atoms with Crippen LogP contribution in [0.3, 0.4) is 0 Å². The number of nitrogens with one attached hydrogen (secondary N) is 1. The van der Waals surface area contributed by atoms with Crippen molar-refractivity contribution in [1.82, 2.24) is 5.32 Å². The molecule has 8 heteroatoms. The Morgan fingerprint density at radius 2 is 2.15 bits per heavy atom. The van der Waals surface area contributed by atoms with Crippen molar-refractivity contribution in [1.29, 1.82) is 0 Å². The minimum atomic E-state index is -0.589. The normalized spacial score (nSPS) is 16.4. The number of benzene rings is 2. The summed E-state index contributed by atoms with van der Waals surface area (Å²) in [5, 5.41) is 14.5. The summed E-state index contributed by atoms with van der Waals surface area (Å²) in [6, 6.07) is 9.92. The van der Waals surface area contributed by atoms with E-state index in [1.165, 1.54) is 23.8 Å². The van der Waals surface area contributed by atoms with E-state index in [4.69, 9.17) is 17.3 Å². The Bertz CT molecular complexity index is 887. The molecule has 1 saturated heterocycles. The molecule has 27 heavy (non-hydrogen) atoms. The first-order chi connectivity index (χ1) is 12.8. The van der Waals surface area contributed by atoms with Gasteiger partial charge in [-0.05, 0) is 49.1 Å². The molecular weight excluding hydrogens is 368 g/mol. The van der Waals surface area contributed by atoms with Gasteiger partial charge in [0.05, 0.1) is 4.92 Å². The molecule has 3 N–H and O–H groups in total. The van der Waals surface area contributed by atoms with Crippen LogP contribution in [0, 0.1) is 23.0 Å². The molecule has 1 fully saturated rings. The zero-order valence-electron chi connectivity index (χ0n) is 14.9. The van der Waals surface area contributed by atoms with Crippen molar-refractivity contribution in [2.45, 2.75) is 13.3 Å². The van der Waals surface area contributed by atoms with Crippen LogP contribution in [0.25, 0.3) is 0 Å². The average molecular weight is 389 g/mol. The number of nitro groups is 1. The van der Waals surface area contributed by atoms with Gasteiger partial charge in [-0.1, -0.05) is 17.7 Å². The Labute approximate surface area is 162 Å². The van der Waals surface area contributed by atoms with Gasteiger partial charge >= 0.3 is 0 Å². The van der Waals surface area contributed by atoms with Crippen molar-refractivity contribution in [3.63, 3.8) is 0 Å². The number of nitrogen functional groups attached to an aromatic ring is 1. The summed E-state index contributed by atoms with van der Waals surface area (Å²) in [7, 11) is 0. The SMILES string of the molecule is Cc1ccc(Cl)cc1N1CCC(CNC(=O)c2ccc(N)c([N+](=O)[O-])c2)C1. The molecule has 0 aliphatic carbocycles. The van der Waals surface area contributed by atoms with E-state index in [1.807, 2.05) is 18.2 Å². The maximum atomic E-state index is 12.3. The van der Waals surface area contributed by atoms with Crippen LogP contribution in [0.5, 0.6) is 0 Å². The van der Waals surface area contributed by atoms with E-state index in [0.717, 1.165) is 25.2 Å². The molecule has 1 aliphatic rings. The smallest absolute Gasteiger partial charge is 0.292 e. The van der Waals surface area contributed by atoms with Gasteiger partial charge in [-0.25, -0.2) is 0 Å². The van der Waals surface area contributed by atoms with Crippen LogP contribution in [0.1, 0.15) is 22.3 Å². The molecule has 1 aliphatic heterocycles. The summed E-state index contributed by atoms with van der Waals surface area (Å²) in [5.74, 6) is -0.0356. The molecule has 1 heterocycles. The van der Waals surface area contributed by atoms with Crippen molar-refractivity contribution in [2.24, 2.45) is 5.92 Å². The first-order valence-electron chi connectivity index (χ1n) is 8.68. The molecule has 0 radical (unpaired) electrons. The second-order valence-corrected chi connectivity index (χ2v) is 7.21. The van der Waals surface area contributed by atoms with Crippen molar-refractivity contribution in [3.8, 4) is 0 Å². The minimum Gasteiger partial charge on any atom is -0.393 e. The second kappa shape index (κ2) is 7.84. The fourth-order valence-electron chi connectivity index (χ4n) is 3.32. The Hall–Kier alpha value is -2.80. The topological polar surface area (TPSA) is 102 Å². The van der Waals surface area contributed by atoms with Crippen molar-refractivity contribution in [3.05, 3.63) is 62.7 Å². The molecular formula is C19H21ClN4O3. The highest BCUT2D eigenvalue weighted by atomic mass is 35.5. The van der Waals surface area contributed by atoms with E-state index < -0.39 is 4.92 Å². The van der Waals surface area contributed by atoms with Gasteiger partial charge in [-0.3, -0.25) is 14.9 Å². The molecule has 7 nitrogen and oxygen atoms in total. The second-order valence-electron chi connectivity index (χ2n) is 6.77. The molecule has 142 valence electrons. The monoisotopic (exact) mass is 388 g/mol. The molecule has 2 aromatic rings. The zero-order valence-corrected chi connectivity index (χ0v) is 15.7. The van der Waals surface area contributed by atoms with E-state index in [9.17, 15) is 14.9 Å². The maximum absolute atomic E-state index is 12.3. The first-order valence-corrected chi connectivity index (χ1v) is 9.06. The van der Waals surface area contributed by atoms with Gasteiger partial charge in [0.15, 0.2) is 0 Å². The lowest BCUT2D eigenvalue weighted by molar-refractivity contribution is -0.383. The number of amides is 1. The Morgan fingerprint density at radius 1 is 1.37 bits per heavy atom. The number of hydrogen-bond acceptors (Lipinski definition) is 5. The van der Waals surface area contributed by atoms with E-state index in [-0.39, 0.29) is 22.8 Å². The summed E-state index contributed by atoms with van der Waals surface area (Å²) in [4.78, 5) is 25.0.